The normalized spacial score (nSPS) is 10.6. The minimum absolute atomic E-state index is 0.142. The van der Waals surface area contributed by atoms with Crippen molar-refractivity contribution in [2.45, 2.75) is 0 Å². The van der Waals surface area contributed by atoms with Gasteiger partial charge < -0.3 is 0 Å². The zero-order valence-electron chi connectivity index (χ0n) is 5.98. The van der Waals surface area contributed by atoms with Gasteiger partial charge in [0.15, 0.2) is 5.65 Å². The molecule has 1 radical (unpaired) electrons. The fourth-order valence-corrected chi connectivity index (χ4v) is 0.974. The quantitative estimate of drug-likeness (QED) is 0.520. The molecule has 0 bridgehead atoms. The van der Waals surface area contributed by atoms with Gasteiger partial charge in [0.05, 0.1) is 0 Å². The van der Waals surface area contributed by atoms with Crippen LogP contribution in [0.25, 0.3) is 5.65 Å². The van der Waals surface area contributed by atoms with Gasteiger partial charge in [0.2, 0.25) is 0 Å². The Morgan fingerprint density at radius 3 is 3.18 bits per heavy atom. The van der Waals surface area contributed by atoms with Crippen LogP contribution in [0, 0.1) is 6.07 Å². The number of pyridine rings is 1. The molecule has 0 saturated carbocycles. The van der Waals surface area contributed by atoms with E-state index >= 15 is 0 Å². The molecule has 2 aromatic heterocycles. The molecule has 0 aromatic carbocycles. The van der Waals surface area contributed by atoms with Gasteiger partial charge in [0, 0.05) is 19.3 Å². The summed E-state index contributed by atoms with van der Waals surface area (Å²) >= 11 is 0. The number of hydrogen-bond acceptors (Lipinski definition) is 2. The summed E-state index contributed by atoms with van der Waals surface area (Å²) in [5.41, 5.74) is 0.508. The molecule has 0 atom stereocenters. The van der Waals surface area contributed by atoms with Crippen molar-refractivity contribution in [3.05, 3.63) is 34.9 Å². The van der Waals surface area contributed by atoms with Crippen molar-refractivity contribution in [2.75, 3.05) is 0 Å². The molecular weight excluding hydrogens is 142 g/mol. The largest absolute Gasteiger partial charge is 0.350 e. The molecule has 0 fully saturated rings. The topological polar surface area (TPSA) is 39.3 Å². The van der Waals surface area contributed by atoms with E-state index in [-0.39, 0.29) is 5.69 Å². The third kappa shape index (κ3) is 0.756. The van der Waals surface area contributed by atoms with Crippen LogP contribution in [-0.4, -0.2) is 14.2 Å². The molecule has 0 aliphatic rings. The maximum Gasteiger partial charge on any atom is 0.350 e. The minimum Gasteiger partial charge on any atom is -0.250 e. The number of aromatic nitrogens is 3. The lowest BCUT2D eigenvalue weighted by Crippen LogP contribution is -2.17. The van der Waals surface area contributed by atoms with Gasteiger partial charge in [-0.25, -0.2) is 13.9 Å². The molecule has 4 heteroatoms. The van der Waals surface area contributed by atoms with Gasteiger partial charge in [-0.15, -0.1) is 0 Å². The molecule has 2 heterocycles. The summed E-state index contributed by atoms with van der Waals surface area (Å²) in [7, 11) is 1.62. The predicted octanol–water partition coefficient (Wildman–Crippen LogP) is -0.167. The molecule has 0 N–H and O–H groups in total. The summed E-state index contributed by atoms with van der Waals surface area (Å²) in [6, 6.07) is 6.26. The number of fused-ring (bicyclic) bond motifs is 1. The molecule has 4 nitrogen and oxygen atoms in total. The second-order valence-corrected chi connectivity index (χ2v) is 2.26. The van der Waals surface area contributed by atoms with Crippen LogP contribution in [0.5, 0.6) is 0 Å². The Bertz CT molecular complexity index is 440. The smallest absolute Gasteiger partial charge is 0.250 e. The van der Waals surface area contributed by atoms with E-state index in [9.17, 15) is 4.79 Å². The summed E-state index contributed by atoms with van der Waals surface area (Å²) < 4.78 is 2.74. The Balaban J connectivity index is 3.04. The SMILES string of the molecule is Cn1nc2cc[c]cn2c1=O. The van der Waals surface area contributed by atoms with E-state index in [0.717, 1.165) is 0 Å². The fraction of sp³-hybridized carbons (Fsp3) is 0.143. The summed E-state index contributed by atoms with van der Waals surface area (Å²) in [6.45, 7) is 0. The van der Waals surface area contributed by atoms with Gasteiger partial charge in [-0.3, -0.25) is 0 Å². The molecule has 0 saturated heterocycles. The Morgan fingerprint density at radius 1 is 1.64 bits per heavy atom. The minimum atomic E-state index is -0.142. The van der Waals surface area contributed by atoms with Crippen molar-refractivity contribution < 1.29 is 0 Å². The van der Waals surface area contributed by atoms with Crippen molar-refractivity contribution in [2.24, 2.45) is 7.05 Å². The van der Waals surface area contributed by atoms with Crippen LogP contribution in [0.3, 0.4) is 0 Å². The van der Waals surface area contributed by atoms with Gasteiger partial charge in [0.1, 0.15) is 0 Å². The molecule has 2 aromatic rings. The van der Waals surface area contributed by atoms with Gasteiger partial charge >= 0.3 is 5.69 Å². The summed E-state index contributed by atoms with van der Waals surface area (Å²) in [6.07, 6.45) is 1.57. The summed E-state index contributed by atoms with van der Waals surface area (Å²) in [5, 5.41) is 3.96. The average Bonchev–Trinajstić information content (AvgIpc) is 2.30. The lowest BCUT2D eigenvalue weighted by Gasteiger charge is -1.83. The van der Waals surface area contributed by atoms with Crippen LogP contribution in [0.2, 0.25) is 0 Å². The third-order valence-electron chi connectivity index (χ3n) is 1.51. The van der Waals surface area contributed by atoms with Crippen LogP contribution in [0.15, 0.2) is 23.1 Å². The first kappa shape index (κ1) is 6.15. The molecule has 0 amide bonds. The molecule has 0 aliphatic heterocycles. The zero-order chi connectivity index (χ0) is 7.84. The van der Waals surface area contributed by atoms with E-state index < -0.39 is 0 Å². The average molecular weight is 148 g/mol. The number of hydrogen-bond donors (Lipinski definition) is 0. The lowest BCUT2D eigenvalue weighted by atomic mass is 10.5. The van der Waals surface area contributed by atoms with Crippen LogP contribution >= 0.6 is 0 Å². The lowest BCUT2D eigenvalue weighted by molar-refractivity contribution is 0.732. The van der Waals surface area contributed by atoms with Crippen molar-refractivity contribution in [1.29, 1.82) is 0 Å². The highest BCUT2D eigenvalue weighted by atomic mass is 16.2. The van der Waals surface area contributed by atoms with E-state index in [2.05, 4.69) is 11.2 Å². The van der Waals surface area contributed by atoms with E-state index in [0.29, 0.717) is 5.65 Å². The van der Waals surface area contributed by atoms with Gasteiger partial charge in [-0.05, 0) is 12.1 Å². The number of aryl methyl sites for hydroxylation is 1. The first-order valence-electron chi connectivity index (χ1n) is 3.20. The molecule has 2 rings (SSSR count). The number of rotatable bonds is 0. The molecule has 11 heavy (non-hydrogen) atoms. The van der Waals surface area contributed by atoms with Crippen LogP contribution in [-0.2, 0) is 7.05 Å². The Labute approximate surface area is 62.7 Å². The molecule has 55 valence electrons. The summed E-state index contributed by atoms with van der Waals surface area (Å²) in [4.78, 5) is 11.2. The molecule has 0 spiro atoms. The monoisotopic (exact) mass is 148 g/mol. The molecule has 0 aliphatic carbocycles. The summed E-state index contributed by atoms with van der Waals surface area (Å²) in [5.74, 6) is 0. The van der Waals surface area contributed by atoms with Gasteiger partial charge in [-0.2, -0.15) is 5.10 Å². The third-order valence-corrected chi connectivity index (χ3v) is 1.51. The second kappa shape index (κ2) is 1.95. The maximum absolute atomic E-state index is 11.2. The predicted molar refractivity (Wildman–Crippen MR) is 39.3 cm³/mol. The highest BCUT2D eigenvalue weighted by molar-refractivity contribution is 5.34. The van der Waals surface area contributed by atoms with E-state index in [1.165, 1.54) is 9.08 Å². The van der Waals surface area contributed by atoms with Gasteiger partial charge in [-0.1, -0.05) is 0 Å². The zero-order valence-corrected chi connectivity index (χ0v) is 5.98. The van der Waals surface area contributed by atoms with Crippen molar-refractivity contribution in [3.8, 4) is 0 Å². The Morgan fingerprint density at radius 2 is 2.45 bits per heavy atom. The first-order chi connectivity index (χ1) is 5.29. The highest BCUT2D eigenvalue weighted by Gasteiger charge is 1.99. The van der Waals surface area contributed by atoms with Crippen LogP contribution < -0.4 is 5.69 Å². The Hall–Kier alpha value is -1.58. The Kier molecular flexibility index (Phi) is 1.09. The van der Waals surface area contributed by atoms with Crippen molar-refractivity contribution in [3.63, 3.8) is 0 Å². The van der Waals surface area contributed by atoms with Gasteiger partial charge in [0.25, 0.3) is 0 Å². The second-order valence-electron chi connectivity index (χ2n) is 2.26. The van der Waals surface area contributed by atoms with E-state index in [1.807, 2.05) is 0 Å². The maximum atomic E-state index is 11.2. The standard InChI is InChI=1S/C7H6N3O/c1-9-7(11)10-5-3-2-4-6(10)8-9/h2,4-5H,1H3. The number of nitrogens with zero attached hydrogens (tertiary/aromatic N) is 3. The van der Waals surface area contributed by atoms with E-state index in [1.54, 1.807) is 25.4 Å². The van der Waals surface area contributed by atoms with Crippen molar-refractivity contribution >= 4 is 5.65 Å². The van der Waals surface area contributed by atoms with Crippen LogP contribution in [0.4, 0.5) is 0 Å². The first-order valence-corrected chi connectivity index (χ1v) is 3.20. The fourth-order valence-electron chi connectivity index (χ4n) is 0.974. The van der Waals surface area contributed by atoms with Crippen LogP contribution in [0.1, 0.15) is 0 Å². The van der Waals surface area contributed by atoms with Crippen molar-refractivity contribution in [1.82, 2.24) is 14.2 Å². The molecular formula is C7H6N3O. The molecule has 0 unspecified atom stereocenters. The van der Waals surface area contributed by atoms with E-state index in [4.69, 9.17) is 0 Å². The highest BCUT2D eigenvalue weighted by Crippen LogP contribution is 1.91.